The highest BCUT2D eigenvalue weighted by atomic mass is 32.2. The van der Waals surface area contributed by atoms with Gasteiger partial charge in [-0.05, 0) is 31.5 Å². The third-order valence-corrected chi connectivity index (χ3v) is 5.09. The van der Waals surface area contributed by atoms with Crippen molar-refractivity contribution < 1.29 is 14.0 Å². The van der Waals surface area contributed by atoms with Crippen molar-refractivity contribution in [3.8, 4) is 6.07 Å². The molecule has 1 aliphatic rings. The molecule has 0 fully saturated rings. The molecule has 2 amide bonds. The minimum Gasteiger partial charge on any atom is -0.343 e. The second-order valence-electron chi connectivity index (χ2n) is 5.57. The number of nitrogens with one attached hydrogen (secondary N) is 1. The number of benzene rings is 1. The Morgan fingerprint density at radius 2 is 2.00 bits per heavy atom. The molecule has 0 aromatic heterocycles. The first-order chi connectivity index (χ1) is 12.0. The highest BCUT2D eigenvalue weighted by Crippen LogP contribution is 2.35. The fourth-order valence-electron chi connectivity index (χ4n) is 2.71. The van der Waals surface area contributed by atoms with Gasteiger partial charge < -0.3 is 10.2 Å². The van der Waals surface area contributed by atoms with Crippen LogP contribution in [0.3, 0.4) is 0 Å². The molecule has 1 aromatic carbocycles. The van der Waals surface area contributed by atoms with Crippen molar-refractivity contribution in [2.45, 2.75) is 26.2 Å². The lowest BCUT2D eigenvalue weighted by Gasteiger charge is -2.25. The van der Waals surface area contributed by atoms with Crippen LogP contribution in [0.15, 0.2) is 34.9 Å². The van der Waals surface area contributed by atoms with Gasteiger partial charge in [0.1, 0.15) is 5.82 Å². The fourth-order valence-corrected chi connectivity index (χ4v) is 3.69. The lowest BCUT2D eigenvalue weighted by atomic mass is 9.87. The van der Waals surface area contributed by atoms with Gasteiger partial charge in [-0.1, -0.05) is 23.9 Å². The molecule has 25 heavy (non-hydrogen) atoms. The second-order valence-corrected chi connectivity index (χ2v) is 6.55. The molecule has 0 unspecified atom stereocenters. The zero-order valence-corrected chi connectivity index (χ0v) is 15.0. The minimum absolute atomic E-state index is 0.0436. The molecule has 2 rings (SSSR count). The zero-order chi connectivity index (χ0) is 18.4. The number of nitriles is 1. The number of hydrogen-bond acceptors (Lipinski definition) is 4. The Bertz CT molecular complexity index is 721. The van der Waals surface area contributed by atoms with Crippen molar-refractivity contribution in [2.24, 2.45) is 0 Å². The Labute approximate surface area is 150 Å². The van der Waals surface area contributed by atoms with Crippen molar-refractivity contribution in [2.75, 3.05) is 18.8 Å². The normalized spacial score (nSPS) is 17.0. The maximum absolute atomic E-state index is 13.1. The Hall–Kier alpha value is -2.33. The van der Waals surface area contributed by atoms with Crippen molar-refractivity contribution in [1.29, 1.82) is 5.26 Å². The van der Waals surface area contributed by atoms with Gasteiger partial charge in [-0.3, -0.25) is 9.59 Å². The Kier molecular flexibility index (Phi) is 6.59. The van der Waals surface area contributed by atoms with Crippen LogP contribution in [0.25, 0.3) is 0 Å². The van der Waals surface area contributed by atoms with Gasteiger partial charge in [0.15, 0.2) is 0 Å². The quantitative estimate of drug-likeness (QED) is 0.846. The van der Waals surface area contributed by atoms with Gasteiger partial charge in [-0.15, -0.1) is 0 Å². The van der Waals surface area contributed by atoms with E-state index in [0.717, 1.165) is 11.8 Å². The number of thioether (sulfide) groups is 1. The standard InChI is InChI=1S/C18H20FN3O2S/c1-3-22(4-2)17(24)11-25-18-15(10-20)14(9-16(23)21-18)12-5-7-13(19)8-6-12/h5-8,14H,3-4,9,11H2,1-2H3,(H,21,23)/t14-/m1/s1. The molecule has 0 aliphatic carbocycles. The zero-order valence-electron chi connectivity index (χ0n) is 14.2. The topological polar surface area (TPSA) is 73.2 Å². The lowest BCUT2D eigenvalue weighted by molar-refractivity contribution is -0.128. The highest BCUT2D eigenvalue weighted by molar-refractivity contribution is 8.03. The molecule has 0 saturated heterocycles. The first-order valence-corrected chi connectivity index (χ1v) is 9.08. The summed E-state index contributed by atoms with van der Waals surface area (Å²) in [7, 11) is 0. The van der Waals surface area contributed by atoms with Crippen LogP contribution in [-0.2, 0) is 9.59 Å². The molecule has 1 aromatic rings. The van der Waals surface area contributed by atoms with E-state index in [1.807, 2.05) is 13.8 Å². The van der Waals surface area contributed by atoms with Gasteiger partial charge in [-0.2, -0.15) is 5.26 Å². The number of nitrogens with zero attached hydrogens (tertiary/aromatic N) is 2. The summed E-state index contributed by atoms with van der Waals surface area (Å²) in [5.41, 5.74) is 1.12. The van der Waals surface area contributed by atoms with Gasteiger partial charge in [0.2, 0.25) is 11.8 Å². The van der Waals surface area contributed by atoms with Crippen LogP contribution < -0.4 is 5.32 Å². The van der Waals surface area contributed by atoms with Crippen LogP contribution in [0.2, 0.25) is 0 Å². The molecule has 5 nitrogen and oxygen atoms in total. The maximum Gasteiger partial charge on any atom is 0.232 e. The van der Waals surface area contributed by atoms with Crippen LogP contribution in [0, 0.1) is 17.1 Å². The summed E-state index contributed by atoms with van der Waals surface area (Å²) < 4.78 is 13.1. The number of allylic oxidation sites excluding steroid dienone is 1. The monoisotopic (exact) mass is 361 g/mol. The van der Waals surface area contributed by atoms with Crippen molar-refractivity contribution in [3.05, 3.63) is 46.2 Å². The van der Waals surface area contributed by atoms with E-state index in [9.17, 15) is 19.2 Å². The van der Waals surface area contributed by atoms with E-state index in [2.05, 4.69) is 11.4 Å². The number of halogens is 1. The summed E-state index contributed by atoms with van der Waals surface area (Å²) >= 11 is 1.16. The molecular weight excluding hydrogens is 341 g/mol. The Morgan fingerprint density at radius 3 is 2.56 bits per heavy atom. The second kappa shape index (κ2) is 8.67. The van der Waals surface area contributed by atoms with Crippen LogP contribution in [0.5, 0.6) is 0 Å². The van der Waals surface area contributed by atoms with Crippen molar-refractivity contribution in [3.63, 3.8) is 0 Å². The van der Waals surface area contributed by atoms with Crippen molar-refractivity contribution in [1.82, 2.24) is 10.2 Å². The number of rotatable bonds is 6. The molecule has 0 radical (unpaired) electrons. The van der Waals surface area contributed by atoms with Gasteiger partial charge in [0, 0.05) is 25.4 Å². The maximum atomic E-state index is 13.1. The fraction of sp³-hybridized carbons (Fsp3) is 0.389. The van der Waals surface area contributed by atoms with Crippen LogP contribution in [0.4, 0.5) is 4.39 Å². The molecule has 0 bridgehead atoms. The van der Waals surface area contributed by atoms with Gasteiger partial charge in [0.25, 0.3) is 0 Å². The Balaban J connectivity index is 2.24. The van der Waals surface area contributed by atoms with E-state index in [4.69, 9.17) is 0 Å². The number of amides is 2. The number of hydrogen-bond donors (Lipinski definition) is 1. The molecule has 0 saturated carbocycles. The third kappa shape index (κ3) is 4.60. The van der Waals surface area contributed by atoms with E-state index in [1.54, 1.807) is 17.0 Å². The molecule has 1 N–H and O–H groups in total. The third-order valence-electron chi connectivity index (χ3n) is 4.08. The smallest absolute Gasteiger partial charge is 0.232 e. The molecule has 7 heteroatoms. The minimum atomic E-state index is -0.426. The average Bonchev–Trinajstić information content (AvgIpc) is 2.61. The average molecular weight is 361 g/mol. The number of carbonyl (C=O) groups is 2. The van der Waals surface area contributed by atoms with Crippen LogP contribution in [-0.4, -0.2) is 35.6 Å². The van der Waals surface area contributed by atoms with E-state index in [-0.39, 0.29) is 29.8 Å². The molecular formula is C18H20FN3O2S. The molecule has 1 atom stereocenters. The summed E-state index contributed by atoms with van der Waals surface area (Å²) in [5, 5.41) is 12.7. The van der Waals surface area contributed by atoms with E-state index >= 15 is 0 Å². The van der Waals surface area contributed by atoms with Crippen LogP contribution >= 0.6 is 11.8 Å². The van der Waals surface area contributed by atoms with Gasteiger partial charge in [0.05, 0.1) is 22.4 Å². The lowest BCUT2D eigenvalue weighted by Crippen LogP contribution is -2.34. The summed E-state index contributed by atoms with van der Waals surface area (Å²) in [4.78, 5) is 25.9. The molecule has 0 spiro atoms. The van der Waals surface area contributed by atoms with Crippen molar-refractivity contribution >= 4 is 23.6 Å². The predicted molar refractivity (Wildman–Crippen MR) is 94.9 cm³/mol. The van der Waals surface area contributed by atoms with Gasteiger partial charge >= 0.3 is 0 Å². The van der Waals surface area contributed by atoms with E-state index < -0.39 is 5.92 Å². The predicted octanol–water partition coefficient (Wildman–Crippen LogP) is 2.77. The first kappa shape index (κ1) is 19.0. The van der Waals surface area contributed by atoms with Gasteiger partial charge in [-0.25, -0.2) is 4.39 Å². The first-order valence-electron chi connectivity index (χ1n) is 8.10. The summed E-state index contributed by atoms with van der Waals surface area (Å²) in [6, 6.07) is 7.94. The molecule has 132 valence electrons. The molecule has 1 aliphatic heterocycles. The van der Waals surface area contributed by atoms with Crippen LogP contribution in [0.1, 0.15) is 31.7 Å². The SMILES string of the molecule is CCN(CC)C(=O)CSC1=C(C#N)[C@@H](c2ccc(F)cc2)CC(=O)N1. The summed E-state index contributed by atoms with van der Waals surface area (Å²) in [6.07, 6.45) is 0.128. The van der Waals surface area contributed by atoms with E-state index in [0.29, 0.717) is 29.3 Å². The summed E-state index contributed by atoms with van der Waals surface area (Å²) in [6.45, 7) is 5.03. The van der Waals surface area contributed by atoms with E-state index in [1.165, 1.54) is 12.1 Å². The largest absolute Gasteiger partial charge is 0.343 e. The highest BCUT2D eigenvalue weighted by Gasteiger charge is 2.30. The summed E-state index contributed by atoms with van der Waals surface area (Å²) in [5.74, 6) is -0.904. The molecule has 1 heterocycles. The number of carbonyl (C=O) groups excluding carboxylic acids is 2. The Morgan fingerprint density at radius 1 is 1.36 bits per heavy atom.